The molecule has 0 radical (unpaired) electrons. The summed E-state index contributed by atoms with van der Waals surface area (Å²) in [6, 6.07) is 0. The van der Waals surface area contributed by atoms with Crippen LogP contribution in [0.1, 0.15) is 20.8 Å². The van der Waals surface area contributed by atoms with Crippen LogP contribution in [0.2, 0.25) is 0 Å². The van der Waals surface area contributed by atoms with Crippen LogP contribution in [0.5, 0.6) is 0 Å². The van der Waals surface area contributed by atoms with Crippen LogP contribution < -0.4 is 5.32 Å². The Kier molecular flexibility index (Phi) is 3.48. The van der Waals surface area contributed by atoms with Gasteiger partial charge < -0.3 is 10.1 Å². The first-order chi connectivity index (χ1) is 6.13. The Labute approximate surface area is 79.9 Å². The van der Waals surface area contributed by atoms with Crippen molar-refractivity contribution in [1.82, 2.24) is 5.32 Å². The summed E-state index contributed by atoms with van der Waals surface area (Å²) in [5, 5.41) is 3.25. The smallest absolute Gasteiger partial charge is 0.142 e. The fourth-order valence-electron chi connectivity index (χ4n) is 1.33. The first kappa shape index (κ1) is 10.3. The average molecular weight is 182 g/mol. The van der Waals surface area contributed by atoms with E-state index in [9.17, 15) is 0 Å². The Hall–Kier alpha value is -0.830. The van der Waals surface area contributed by atoms with Crippen LogP contribution in [0.25, 0.3) is 0 Å². The molecule has 0 aromatic carbocycles. The molecule has 0 aliphatic carbocycles. The highest BCUT2D eigenvalue weighted by atomic mass is 16.5. The summed E-state index contributed by atoms with van der Waals surface area (Å²) in [6.45, 7) is 6.98. The summed E-state index contributed by atoms with van der Waals surface area (Å²) in [4.78, 5) is 4.53. The van der Waals surface area contributed by atoms with E-state index in [-0.39, 0.29) is 6.17 Å². The first-order valence-corrected chi connectivity index (χ1v) is 4.65. The molecular weight excluding hydrogens is 164 g/mol. The van der Waals surface area contributed by atoms with Gasteiger partial charge in [0.05, 0.1) is 6.61 Å². The van der Waals surface area contributed by atoms with Crippen molar-refractivity contribution in [1.29, 1.82) is 0 Å². The third kappa shape index (κ3) is 2.84. The van der Waals surface area contributed by atoms with E-state index in [1.54, 1.807) is 7.11 Å². The molecule has 1 rings (SSSR count). The molecule has 3 nitrogen and oxygen atoms in total. The van der Waals surface area contributed by atoms with Gasteiger partial charge in [-0.15, -0.1) is 0 Å². The van der Waals surface area contributed by atoms with Crippen molar-refractivity contribution < 1.29 is 4.74 Å². The van der Waals surface area contributed by atoms with Crippen molar-refractivity contribution >= 4 is 5.71 Å². The van der Waals surface area contributed by atoms with Gasteiger partial charge in [0.15, 0.2) is 0 Å². The first-order valence-electron chi connectivity index (χ1n) is 4.65. The molecule has 0 amide bonds. The summed E-state index contributed by atoms with van der Waals surface area (Å²) in [6.07, 6.45) is 2.18. The maximum Gasteiger partial charge on any atom is 0.142 e. The van der Waals surface area contributed by atoms with Crippen LogP contribution in [-0.2, 0) is 4.74 Å². The summed E-state index contributed by atoms with van der Waals surface area (Å²) >= 11 is 0. The highest BCUT2D eigenvalue weighted by Crippen LogP contribution is 2.09. The number of rotatable bonds is 3. The van der Waals surface area contributed by atoms with Gasteiger partial charge in [0.25, 0.3) is 0 Å². The lowest BCUT2D eigenvalue weighted by molar-refractivity contribution is 0.172. The molecule has 1 N–H and O–H groups in total. The van der Waals surface area contributed by atoms with Crippen LogP contribution in [-0.4, -0.2) is 25.6 Å². The zero-order valence-electron chi connectivity index (χ0n) is 8.79. The Balaban J connectivity index is 2.70. The van der Waals surface area contributed by atoms with E-state index < -0.39 is 0 Å². The Morgan fingerprint density at radius 2 is 2.31 bits per heavy atom. The number of aliphatic imine (C=N–C) groups is 1. The highest BCUT2D eigenvalue weighted by Gasteiger charge is 2.14. The minimum absolute atomic E-state index is 0.0902. The molecule has 1 unspecified atom stereocenters. The zero-order valence-corrected chi connectivity index (χ0v) is 8.79. The zero-order chi connectivity index (χ0) is 9.84. The molecule has 0 spiro atoms. The predicted molar refractivity (Wildman–Crippen MR) is 54.8 cm³/mol. The van der Waals surface area contributed by atoms with Crippen molar-refractivity contribution in [2.24, 2.45) is 10.9 Å². The number of hydrogen-bond acceptors (Lipinski definition) is 3. The number of methoxy groups -OCH3 is 1. The lowest BCUT2D eigenvalue weighted by Crippen LogP contribution is -2.35. The quantitative estimate of drug-likeness (QED) is 0.718. The molecule has 0 saturated heterocycles. The van der Waals surface area contributed by atoms with E-state index in [0.29, 0.717) is 12.5 Å². The number of nitrogens with zero attached hydrogens (tertiary/aromatic N) is 1. The van der Waals surface area contributed by atoms with E-state index in [1.807, 2.05) is 0 Å². The van der Waals surface area contributed by atoms with Crippen molar-refractivity contribution in [3.63, 3.8) is 0 Å². The maximum absolute atomic E-state index is 5.06. The van der Waals surface area contributed by atoms with Crippen LogP contribution in [0.15, 0.2) is 16.8 Å². The molecule has 0 bridgehead atoms. The van der Waals surface area contributed by atoms with Crippen molar-refractivity contribution in [2.45, 2.75) is 26.9 Å². The van der Waals surface area contributed by atoms with E-state index in [2.05, 4.69) is 37.2 Å². The van der Waals surface area contributed by atoms with E-state index >= 15 is 0 Å². The standard InChI is InChI=1S/C10H18N2O/c1-7(2)9-5-8(3)11-10(12-9)6-13-4/h5,7,10-11H,6H2,1-4H3. The van der Waals surface area contributed by atoms with Crippen molar-refractivity contribution in [3.8, 4) is 0 Å². The second-order valence-electron chi connectivity index (χ2n) is 3.65. The normalized spacial score (nSPS) is 22.4. The molecule has 0 aromatic rings. The van der Waals surface area contributed by atoms with Gasteiger partial charge in [0, 0.05) is 18.5 Å². The van der Waals surface area contributed by atoms with Gasteiger partial charge in [-0.05, 0) is 18.9 Å². The Morgan fingerprint density at radius 1 is 1.62 bits per heavy atom. The van der Waals surface area contributed by atoms with Crippen LogP contribution in [0, 0.1) is 5.92 Å². The van der Waals surface area contributed by atoms with Crippen LogP contribution in [0.4, 0.5) is 0 Å². The monoisotopic (exact) mass is 182 g/mol. The number of ether oxygens (including phenoxy) is 1. The topological polar surface area (TPSA) is 33.6 Å². The van der Waals surface area contributed by atoms with E-state index in [4.69, 9.17) is 4.74 Å². The SMILES string of the molecule is COCC1N=C(C(C)C)C=C(C)N1. The molecular formula is C10H18N2O. The molecule has 1 aliphatic rings. The summed E-state index contributed by atoms with van der Waals surface area (Å²) < 4.78 is 5.06. The van der Waals surface area contributed by atoms with Crippen molar-refractivity contribution in [3.05, 3.63) is 11.8 Å². The minimum atomic E-state index is 0.0902. The van der Waals surface area contributed by atoms with Gasteiger partial charge in [-0.2, -0.15) is 0 Å². The Morgan fingerprint density at radius 3 is 2.85 bits per heavy atom. The lowest BCUT2D eigenvalue weighted by Gasteiger charge is -2.22. The maximum atomic E-state index is 5.06. The number of hydrogen-bond donors (Lipinski definition) is 1. The Bertz CT molecular complexity index is 231. The molecule has 0 aromatic heterocycles. The molecule has 1 heterocycles. The van der Waals surface area contributed by atoms with Gasteiger partial charge in [-0.3, -0.25) is 4.99 Å². The van der Waals surface area contributed by atoms with Gasteiger partial charge in [0.1, 0.15) is 6.17 Å². The van der Waals surface area contributed by atoms with Gasteiger partial charge >= 0.3 is 0 Å². The molecule has 3 heteroatoms. The second-order valence-corrected chi connectivity index (χ2v) is 3.65. The minimum Gasteiger partial charge on any atom is -0.381 e. The average Bonchev–Trinajstić information content (AvgIpc) is 2.03. The van der Waals surface area contributed by atoms with Gasteiger partial charge in [0.2, 0.25) is 0 Å². The fourth-order valence-corrected chi connectivity index (χ4v) is 1.33. The van der Waals surface area contributed by atoms with E-state index in [1.165, 1.54) is 5.70 Å². The second kappa shape index (κ2) is 4.42. The molecule has 0 fully saturated rings. The third-order valence-corrected chi connectivity index (χ3v) is 1.98. The predicted octanol–water partition coefficient (Wildman–Crippen LogP) is 1.56. The van der Waals surface area contributed by atoms with Crippen LogP contribution in [0.3, 0.4) is 0 Å². The number of nitrogens with one attached hydrogen (secondary N) is 1. The summed E-state index contributed by atoms with van der Waals surface area (Å²) in [5.41, 5.74) is 2.32. The lowest BCUT2D eigenvalue weighted by atomic mass is 10.1. The van der Waals surface area contributed by atoms with Crippen molar-refractivity contribution in [2.75, 3.05) is 13.7 Å². The molecule has 74 valence electrons. The number of allylic oxidation sites excluding steroid dienone is 2. The van der Waals surface area contributed by atoms with Gasteiger partial charge in [-0.25, -0.2) is 0 Å². The summed E-state index contributed by atoms with van der Waals surface area (Å²) in [5.74, 6) is 0.483. The van der Waals surface area contributed by atoms with E-state index in [0.717, 1.165) is 5.71 Å². The molecule has 0 saturated carbocycles. The fraction of sp³-hybridized carbons (Fsp3) is 0.700. The third-order valence-electron chi connectivity index (χ3n) is 1.98. The van der Waals surface area contributed by atoms with Crippen LogP contribution >= 0.6 is 0 Å². The van der Waals surface area contributed by atoms with Gasteiger partial charge in [-0.1, -0.05) is 13.8 Å². The largest absolute Gasteiger partial charge is 0.381 e. The molecule has 1 aliphatic heterocycles. The summed E-state index contributed by atoms with van der Waals surface area (Å²) in [7, 11) is 1.69. The molecule has 13 heavy (non-hydrogen) atoms. The highest BCUT2D eigenvalue weighted by molar-refractivity contribution is 5.97. The molecule has 1 atom stereocenters.